The summed E-state index contributed by atoms with van der Waals surface area (Å²) >= 11 is 5.83. The van der Waals surface area contributed by atoms with Gasteiger partial charge in [0, 0.05) is 6.54 Å². The molecule has 2 aromatic carbocycles. The zero-order chi connectivity index (χ0) is 22.5. The summed E-state index contributed by atoms with van der Waals surface area (Å²) in [6.45, 7) is 5.13. The van der Waals surface area contributed by atoms with Gasteiger partial charge < -0.3 is 20.1 Å². The van der Waals surface area contributed by atoms with Crippen molar-refractivity contribution in [2.75, 3.05) is 39.6 Å². The molecule has 0 radical (unpaired) electrons. The Morgan fingerprint density at radius 3 is 2.37 bits per heavy atom. The quantitative estimate of drug-likeness (QED) is 0.437. The van der Waals surface area contributed by atoms with Gasteiger partial charge in [-0.15, -0.1) is 0 Å². The number of nitrogen functional groups attached to an aromatic ring is 1. The number of hydrogen-bond acceptors (Lipinski definition) is 5. The molecule has 0 heterocycles. The molecule has 5 nitrogen and oxygen atoms in total. The Kier molecular flexibility index (Phi) is 7.97. The van der Waals surface area contributed by atoms with Gasteiger partial charge in [-0.05, 0) is 52.2 Å². The number of likely N-dealkylation sites (N-methyl/N-ethyl adjacent to an activating group) is 1. The minimum Gasteiger partial charge on any atom is -0.493 e. The van der Waals surface area contributed by atoms with Gasteiger partial charge in [-0.1, -0.05) is 17.7 Å². The van der Waals surface area contributed by atoms with Crippen molar-refractivity contribution >= 4 is 28.7 Å². The molecule has 2 rings (SSSR count). The van der Waals surface area contributed by atoms with E-state index in [4.69, 9.17) is 26.8 Å². The molecule has 164 valence electrons. The van der Waals surface area contributed by atoms with Crippen LogP contribution in [0.2, 0.25) is 5.02 Å². The molecule has 9 heteroatoms. The summed E-state index contributed by atoms with van der Waals surface area (Å²) in [5.74, 6) is 1.11. The molecule has 2 aromatic rings. The van der Waals surface area contributed by atoms with Gasteiger partial charge in [0.1, 0.15) is 18.1 Å². The number of hydrogen-bond donors (Lipinski definition) is 1. The molecule has 0 fully saturated rings. The lowest BCUT2D eigenvalue weighted by atomic mass is 10.1. The van der Waals surface area contributed by atoms with Crippen LogP contribution in [0.4, 0.5) is 24.5 Å². The molecule has 0 amide bonds. The summed E-state index contributed by atoms with van der Waals surface area (Å²) < 4.78 is 50.7. The van der Waals surface area contributed by atoms with Crippen LogP contribution in [0.1, 0.15) is 25.0 Å². The van der Waals surface area contributed by atoms with E-state index in [-0.39, 0.29) is 11.4 Å². The first-order valence-corrected chi connectivity index (χ1v) is 9.67. The van der Waals surface area contributed by atoms with Gasteiger partial charge in [0.15, 0.2) is 0 Å². The summed E-state index contributed by atoms with van der Waals surface area (Å²) in [5, 5.41) is -0.469. The third kappa shape index (κ3) is 6.03. The zero-order valence-corrected chi connectivity index (χ0v) is 18.1. The van der Waals surface area contributed by atoms with Gasteiger partial charge in [0.05, 0.1) is 39.8 Å². The van der Waals surface area contributed by atoms with Crippen LogP contribution in [0, 0.1) is 0 Å². The van der Waals surface area contributed by atoms with Crippen LogP contribution >= 0.6 is 11.6 Å². The largest absolute Gasteiger partial charge is 0.493 e. The Morgan fingerprint density at radius 1 is 1.17 bits per heavy atom. The molecular weight excluding hydrogens is 419 g/mol. The number of rotatable bonds is 8. The molecule has 2 N–H and O–H groups in total. The van der Waals surface area contributed by atoms with Crippen LogP contribution in [0.25, 0.3) is 0 Å². The first-order chi connectivity index (χ1) is 14.0. The van der Waals surface area contributed by atoms with Crippen LogP contribution < -0.4 is 15.2 Å². The average Bonchev–Trinajstić information content (AvgIpc) is 2.63. The van der Waals surface area contributed by atoms with Gasteiger partial charge >= 0.3 is 6.18 Å². The summed E-state index contributed by atoms with van der Waals surface area (Å²) in [5.41, 5.74) is 5.91. The van der Waals surface area contributed by atoms with Crippen LogP contribution in [0.3, 0.4) is 0 Å². The smallest absolute Gasteiger partial charge is 0.417 e. The van der Waals surface area contributed by atoms with Gasteiger partial charge in [-0.2, -0.15) is 13.2 Å². The van der Waals surface area contributed by atoms with Crippen LogP contribution in [0.15, 0.2) is 35.3 Å². The van der Waals surface area contributed by atoms with Crippen LogP contribution in [0.5, 0.6) is 11.5 Å². The number of benzene rings is 2. The second kappa shape index (κ2) is 10.0. The third-order valence-corrected chi connectivity index (χ3v) is 4.47. The lowest BCUT2D eigenvalue weighted by molar-refractivity contribution is -0.137. The first-order valence-electron chi connectivity index (χ1n) is 9.29. The van der Waals surface area contributed by atoms with Crippen molar-refractivity contribution in [2.24, 2.45) is 4.99 Å². The maximum absolute atomic E-state index is 13.0. The molecule has 0 spiro atoms. The maximum Gasteiger partial charge on any atom is 0.417 e. The average molecular weight is 444 g/mol. The highest BCUT2D eigenvalue weighted by molar-refractivity contribution is 6.32. The fourth-order valence-electron chi connectivity index (χ4n) is 2.73. The normalized spacial score (nSPS) is 12.4. The summed E-state index contributed by atoms with van der Waals surface area (Å²) in [7, 11) is 3.87. The van der Waals surface area contributed by atoms with Crippen molar-refractivity contribution in [3.05, 3.63) is 46.5 Å². The van der Waals surface area contributed by atoms with Gasteiger partial charge in [-0.25, -0.2) is 0 Å². The Morgan fingerprint density at radius 2 is 1.80 bits per heavy atom. The Hall–Kier alpha value is -2.45. The zero-order valence-electron chi connectivity index (χ0n) is 17.3. The van der Waals surface area contributed by atoms with E-state index in [1.165, 1.54) is 0 Å². The Bertz CT molecular complexity index is 915. The highest BCUT2D eigenvalue weighted by Gasteiger charge is 2.34. The SMILES string of the molecule is CCOc1cccc(OCCN(C)C)c1/C(C)=N/c1cc(Cl)c(C(F)(F)F)cc1N. The number of nitrogens with zero attached hydrogens (tertiary/aromatic N) is 2. The van der Waals surface area contributed by atoms with E-state index in [0.717, 1.165) is 12.1 Å². The fraction of sp³-hybridized carbons (Fsp3) is 0.381. The molecular formula is C21H25ClF3N3O2. The summed E-state index contributed by atoms with van der Waals surface area (Å²) in [4.78, 5) is 6.41. The highest BCUT2D eigenvalue weighted by atomic mass is 35.5. The lowest BCUT2D eigenvalue weighted by Gasteiger charge is -2.17. The second-order valence-electron chi connectivity index (χ2n) is 6.80. The van der Waals surface area contributed by atoms with E-state index in [0.29, 0.717) is 42.5 Å². The van der Waals surface area contributed by atoms with Crippen molar-refractivity contribution in [2.45, 2.75) is 20.0 Å². The van der Waals surface area contributed by atoms with E-state index < -0.39 is 16.8 Å². The Balaban J connectivity index is 2.49. The number of ether oxygens (including phenoxy) is 2. The molecule has 0 unspecified atom stereocenters. The third-order valence-electron chi connectivity index (χ3n) is 4.16. The first kappa shape index (κ1) is 23.8. The Labute approximate surface area is 179 Å². The van der Waals surface area contributed by atoms with Crippen molar-refractivity contribution < 1.29 is 22.6 Å². The molecule has 0 aliphatic heterocycles. The summed E-state index contributed by atoms with van der Waals surface area (Å²) in [6.07, 6.45) is -4.60. The fourth-order valence-corrected chi connectivity index (χ4v) is 3.00. The van der Waals surface area contributed by atoms with E-state index in [2.05, 4.69) is 4.99 Å². The predicted molar refractivity (Wildman–Crippen MR) is 114 cm³/mol. The molecule has 30 heavy (non-hydrogen) atoms. The highest BCUT2D eigenvalue weighted by Crippen LogP contribution is 2.40. The molecule has 0 atom stereocenters. The van der Waals surface area contributed by atoms with Gasteiger partial charge in [0.25, 0.3) is 0 Å². The number of halogens is 4. The molecule has 0 saturated heterocycles. The summed E-state index contributed by atoms with van der Waals surface area (Å²) in [6, 6.07) is 7.27. The number of anilines is 1. The van der Waals surface area contributed by atoms with E-state index in [1.807, 2.05) is 25.9 Å². The molecule has 0 saturated carbocycles. The maximum atomic E-state index is 13.0. The minimum atomic E-state index is -4.60. The topological polar surface area (TPSA) is 60.1 Å². The van der Waals surface area contributed by atoms with Gasteiger partial charge in [-0.3, -0.25) is 4.99 Å². The van der Waals surface area contributed by atoms with Crippen molar-refractivity contribution in [1.82, 2.24) is 4.90 Å². The minimum absolute atomic E-state index is 0.130. The van der Waals surface area contributed by atoms with Crippen LogP contribution in [-0.2, 0) is 6.18 Å². The van der Waals surface area contributed by atoms with Crippen molar-refractivity contribution in [3.63, 3.8) is 0 Å². The number of alkyl halides is 3. The standard InChI is InChI=1S/C21H25ClF3N3O2/c1-5-29-18-7-6-8-19(30-10-9-28(3)4)20(18)13(2)27-17-12-15(22)14(11-16(17)26)21(23,24)25/h6-8,11-12H,5,9-10,26H2,1-4H3/b27-13+. The monoisotopic (exact) mass is 443 g/mol. The van der Waals surface area contributed by atoms with Crippen LogP contribution in [-0.4, -0.2) is 44.5 Å². The van der Waals surface area contributed by atoms with E-state index >= 15 is 0 Å². The number of aliphatic imine (C=N–C) groups is 1. The number of nitrogens with two attached hydrogens (primary N) is 1. The predicted octanol–water partition coefficient (Wildman–Crippen LogP) is 5.42. The lowest BCUT2D eigenvalue weighted by Crippen LogP contribution is -2.20. The van der Waals surface area contributed by atoms with Gasteiger partial charge in [0.2, 0.25) is 0 Å². The van der Waals surface area contributed by atoms with E-state index in [1.54, 1.807) is 25.1 Å². The van der Waals surface area contributed by atoms with Crippen molar-refractivity contribution in [1.29, 1.82) is 0 Å². The van der Waals surface area contributed by atoms with E-state index in [9.17, 15) is 13.2 Å². The molecule has 0 bridgehead atoms. The van der Waals surface area contributed by atoms with Crippen molar-refractivity contribution in [3.8, 4) is 11.5 Å². The molecule has 0 aliphatic carbocycles. The second-order valence-corrected chi connectivity index (χ2v) is 7.21. The molecule has 0 aliphatic rings. The molecule has 0 aromatic heterocycles.